The standard InChI is InChI=1S/C10H12ClN3O3.Na/c1-14(6-10(15)16)13-12-8-5-7(11)3-4-9(8)17-2;/h3-5H,6H2,1-2H3,(H,15,16);/q;+1/p-1. The Kier molecular flexibility index (Phi) is 7.93. The molecule has 18 heavy (non-hydrogen) atoms. The summed E-state index contributed by atoms with van der Waals surface area (Å²) < 4.78 is 5.05. The van der Waals surface area contributed by atoms with E-state index in [2.05, 4.69) is 10.3 Å². The summed E-state index contributed by atoms with van der Waals surface area (Å²) >= 11 is 5.80. The largest absolute Gasteiger partial charge is 1.00 e. The number of carbonyl (C=O) groups is 1. The Labute approximate surface area is 132 Å². The van der Waals surface area contributed by atoms with Gasteiger partial charge < -0.3 is 14.6 Å². The number of hydrogen-bond acceptors (Lipinski definition) is 5. The van der Waals surface area contributed by atoms with Crippen LogP contribution in [-0.2, 0) is 4.79 Å². The van der Waals surface area contributed by atoms with Crippen LogP contribution in [0.3, 0.4) is 0 Å². The van der Waals surface area contributed by atoms with Crippen LogP contribution in [0.15, 0.2) is 28.5 Å². The van der Waals surface area contributed by atoms with Crippen LogP contribution in [0.25, 0.3) is 0 Å². The number of likely N-dealkylation sites (N-methyl/N-ethyl adjacent to an activating group) is 1. The molecule has 0 bridgehead atoms. The van der Waals surface area contributed by atoms with Gasteiger partial charge in [-0.05, 0) is 18.2 Å². The minimum atomic E-state index is -1.23. The van der Waals surface area contributed by atoms with Crippen LogP contribution in [0, 0.1) is 0 Å². The van der Waals surface area contributed by atoms with E-state index >= 15 is 0 Å². The van der Waals surface area contributed by atoms with Gasteiger partial charge >= 0.3 is 29.6 Å². The van der Waals surface area contributed by atoms with E-state index in [4.69, 9.17) is 16.3 Å². The third kappa shape index (κ3) is 5.68. The molecule has 0 aromatic heterocycles. The van der Waals surface area contributed by atoms with Crippen molar-refractivity contribution in [2.45, 2.75) is 0 Å². The van der Waals surface area contributed by atoms with Crippen molar-refractivity contribution in [2.24, 2.45) is 10.3 Å². The Morgan fingerprint density at radius 2 is 2.22 bits per heavy atom. The van der Waals surface area contributed by atoms with E-state index in [1.54, 1.807) is 18.2 Å². The zero-order chi connectivity index (χ0) is 12.8. The second-order valence-electron chi connectivity index (χ2n) is 3.19. The number of benzene rings is 1. The summed E-state index contributed by atoms with van der Waals surface area (Å²) in [5.41, 5.74) is 0.421. The van der Waals surface area contributed by atoms with Crippen LogP contribution >= 0.6 is 11.6 Å². The quantitative estimate of drug-likeness (QED) is 0.356. The Balaban J connectivity index is 0.00000289. The van der Waals surface area contributed by atoms with Crippen LogP contribution in [0.5, 0.6) is 5.75 Å². The Morgan fingerprint density at radius 3 is 2.78 bits per heavy atom. The average molecular weight is 280 g/mol. The van der Waals surface area contributed by atoms with Gasteiger partial charge in [-0.1, -0.05) is 16.8 Å². The summed E-state index contributed by atoms with van der Waals surface area (Å²) in [7, 11) is 2.96. The van der Waals surface area contributed by atoms with E-state index in [0.29, 0.717) is 16.5 Å². The molecular formula is C10H11ClN3NaO3. The summed E-state index contributed by atoms with van der Waals surface area (Å²) in [6, 6.07) is 4.87. The van der Waals surface area contributed by atoms with Crippen LogP contribution in [-0.4, -0.2) is 31.7 Å². The second-order valence-corrected chi connectivity index (χ2v) is 3.63. The van der Waals surface area contributed by atoms with Crippen molar-refractivity contribution in [3.8, 4) is 5.75 Å². The van der Waals surface area contributed by atoms with Gasteiger partial charge in [0, 0.05) is 12.1 Å². The Bertz CT molecular complexity index is 442. The molecule has 0 saturated carbocycles. The minimum Gasteiger partial charge on any atom is -0.548 e. The SMILES string of the molecule is COc1ccc(Cl)cc1N=NN(C)CC(=O)[O-].[Na+]. The molecule has 0 amide bonds. The van der Waals surface area contributed by atoms with E-state index in [1.807, 2.05) is 0 Å². The second kappa shape index (κ2) is 8.31. The molecule has 0 spiro atoms. The number of hydrogen-bond donors (Lipinski definition) is 0. The maximum absolute atomic E-state index is 10.3. The maximum Gasteiger partial charge on any atom is 1.00 e. The van der Waals surface area contributed by atoms with Crippen molar-refractivity contribution < 1.29 is 44.2 Å². The summed E-state index contributed by atoms with van der Waals surface area (Å²) in [5, 5.41) is 19.4. The summed E-state index contributed by atoms with van der Waals surface area (Å²) in [6.45, 7) is -0.341. The molecule has 0 aliphatic heterocycles. The molecule has 1 aromatic carbocycles. The fraction of sp³-hybridized carbons (Fsp3) is 0.300. The molecule has 0 atom stereocenters. The predicted molar refractivity (Wildman–Crippen MR) is 60.2 cm³/mol. The van der Waals surface area contributed by atoms with Crippen LogP contribution in [0.2, 0.25) is 5.02 Å². The third-order valence-electron chi connectivity index (χ3n) is 1.80. The Morgan fingerprint density at radius 1 is 1.56 bits per heavy atom. The number of carboxylic acids is 1. The fourth-order valence-corrected chi connectivity index (χ4v) is 1.25. The van der Waals surface area contributed by atoms with Crippen molar-refractivity contribution >= 4 is 23.3 Å². The normalized spacial score (nSPS) is 9.94. The molecule has 92 valence electrons. The molecular weight excluding hydrogens is 269 g/mol. The number of ether oxygens (including phenoxy) is 1. The molecule has 1 aromatic rings. The molecule has 1 rings (SSSR count). The van der Waals surface area contributed by atoms with Crippen LogP contribution in [0.1, 0.15) is 0 Å². The molecule has 0 unspecified atom stereocenters. The number of methoxy groups -OCH3 is 1. The van der Waals surface area contributed by atoms with Gasteiger partial charge in [0.25, 0.3) is 0 Å². The van der Waals surface area contributed by atoms with E-state index in [0.717, 1.165) is 5.01 Å². The molecule has 0 saturated heterocycles. The topological polar surface area (TPSA) is 77.3 Å². The van der Waals surface area contributed by atoms with E-state index in [-0.39, 0.29) is 36.1 Å². The van der Waals surface area contributed by atoms with Crippen molar-refractivity contribution in [2.75, 3.05) is 20.7 Å². The maximum atomic E-state index is 10.3. The average Bonchev–Trinajstić information content (AvgIpc) is 2.25. The van der Waals surface area contributed by atoms with Crippen LogP contribution < -0.4 is 39.4 Å². The summed E-state index contributed by atoms with van der Waals surface area (Å²) in [4.78, 5) is 10.3. The number of aliphatic carboxylic acids is 1. The number of carboxylic acid groups (broad SMARTS) is 1. The van der Waals surface area contributed by atoms with Crippen molar-refractivity contribution in [1.82, 2.24) is 5.01 Å². The van der Waals surface area contributed by atoms with Gasteiger partial charge in [0.15, 0.2) is 0 Å². The number of carbonyl (C=O) groups excluding carboxylic acids is 1. The first-order chi connectivity index (χ1) is 8.02. The monoisotopic (exact) mass is 279 g/mol. The van der Waals surface area contributed by atoms with Crippen molar-refractivity contribution in [3.05, 3.63) is 23.2 Å². The first-order valence-corrected chi connectivity index (χ1v) is 5.07. The van der Waals surface area contributed by atoms with Crippen molar-refractivity contribution in [3.63, 3.8) is 0 Å². The number of halogens is 1. The zero-order valence-corrected chi connectivity index (χ0v) is 13.1. The molecule has 0 aliphatic carbocycles. The van der Waals surface area contributed by atoms with Crippen molar-refractivity contribution in [1.29, 1.82) is 0 Å². The van der Waals surface area contributed by atoms with Gasteiger partial charge in [0.05, 0.1) is 19.6 Å². The summed E-state index contributed by atoms with van der Waals surface area (Å²) in [5.74, 6) is -0.732. The van der Waals surface area contributed by atoms with Gasteiger partial charge in [-0.2, -0.15) is 0 Å². The minimum absolute atomic E-state index is 0. The zero-order valence-electron chi connectivity index (χ0n) is 10.4. The van der Waals surface area contributed by atoms with Gasteiger partial charge in [-0.15, -0.1) is 5.11 Å². The molecule has 0 radical (unpaired) electrons. The molecule has 0 heterocycles. The fourth-order valence-electron chi connectivity index (χ4n) is 1.08. The molecule has 0 fully saturated rings. The van der Waals surface area contributed by atoms with Gasteiger partial charge in [-0.3, -0.25) is 5.01 Å². The molecule has 6 nitrogen and oxygen atoms in total. The predicted octanol–water partition coefficient (Wildman–Crippen LogP) is -1.97. The van der Waals surface area contributed by atoms with E-state index in [9.17, 15) is 9.90 Å². The Hall–Kier alpha value is -0.820. The number of rotatable bonds is 5. The molecule has 0 aliphatic rings. The van der Waals surface area contributed by atoms with Gasteiger partial charge in [-0.25, -0.2) is 0 Å². The van der Waals surface area contributed by atoms with E-state index in [1.165, 1.54) is 14.2 Å². The first kappa shape index (κ1) is 17.2. The van der Waals surface area contributed by atoms with Gasteiger partial charge in [0.2, 0.25) is 0 Å². The number of nitrogens with zero attached hydrogens (tertiary/aromatic N) is 3. The van der Waals surface area contributed by atoms with Gasteiger partial charge in [0.1, 0.15) is 11.4 Å². The smallest absolute Gasteiger partial charge is 0.548 e. The summed E-state index contributed by atoms with van der Waals surface area (Å²) in [6.07, 6.45) is 0. The van der Waals surface area contributed by atoms with Crippen LogP contribution in [0.4, 0.5) is 5.69 Å². The molecule has 8 heteroatoms. The molecule has 0 N–H and O–H groups in total. The first-order valence-electron chi connectivity index (χ1n) is 4.69. The third-order valence-corrected chi connectivity index (χ3v) is 2.04. The van der Waals surface area contributed by atoms with E-state index < -0.39 is 5.97 Å².